The Morgan fingerprint density at radius 2 is 1.64 bits per heavy atom. The number of nitrogens with one attached hydrogen (secondary N) is 1. The molecule has 0 spiro atoms. The van der Waals surface area contributed by atoms with Gasteiger partial charge < -0.3 is 10.2 Å². The molecule has 0 aliphatic carbocycles. The molecule has 1 aliphatic heterocycles. The van der Waals surface area contributed by atoms with Crippen molar-refractivity contribution in [2.24, 2.45) is 5.92 Å². The van der Waals surface area contributed by atoms with E-state index in [2.05, 4.69) is 10.3 Å². The maximum Gasteiger partial charge on any atom is 0.265 e. The van der Waals surface area contributed by atoms with Crippen molar-refractivity contribution in [2.75, 3.05) is 13.1 Å². The molecule has 2 heterocycles. The zero-order valence-electron chi connectivity index (χ0n) is 18.3. The molecule has 4 rings (SSSR count). The van der Waals surface area contributed by atoms with Crippen molar-refractivity contribution in [3.63, 3.8) is 0 Å². The zero-order valence-corrected chi connectivity index (χ0v) is 19.1. The Labute approximate surface area is 195 Å². The Balaban J connectivity index is 1.28. The summed E-state index contributed by atoms with van der Waals surface area (Å²) in [6.07, 6.45) is 1.94. The van der Waals surface area contributed by atoms with Gasteiger partial charge in [0.05, 0.1) is 5.69 Å². The van der Waals surface area contributed by atoms with Gasteiger partial charge in [-0.1, -0.05) is 12.1 Å². The molecule has 1 aliphatic rings. The highest BCUT2D eigenvalue weighted by Crippen LogP contribution is 2.30. The second-order valence-corrected chi connectivity index (χ2v) is 9.28. The van der Waals surface area contributed by atoms with Crippen LogP contribution in [-0.2, 0) is 11.3 Å². The number of aromatic nitrogens is 1. The normalized spacial score (nSPS) is 14.3. The number of carbonyl (C=O) groups is 2. The topological polar surface area (TPSA) is 62.3 Å². The van der Waals surface area contributed by atoms with Gasteiger partial charge in [0.15, 0.2) is 0 Å². The summed E-state index contributed by atoms with van der Waals surface area (Å²) in [5, 5.41) is 3.58. The van der Waals surface area contributed by atoms with E-state index in [1.807, 2.05) is 11.8 Å². The van der Waals surface area contributed by atoms with Crippen molar-refractivity contribution in [3.05, 3.63) is 76.3 Å². The van der Waals surface area contributed by atoms with Crippen LogP contribution in [0.1, 0.15) is 40.2 Å². The lowest BCUT2D eigenvalue weighted by Gasteiger charge is -2.31. The number of hydrogen-bond donors (Lipinski definition) is 1. The van der Waals surface area contributed by atoms with Gasteiger partial charge in [-0.2, -0.15) is 0 Å². The predicted octanol–water partition coefficient (Wildman–Crippen LogP) is 4.96. The first-order valence-corrected chi connectivity index (χ1v) is 11.7. The maximum atomic E-state index is 13.2. The summed E-state index contributed by atoms with van der Waals surface area (Å²) in [5.41, 5.74) is 2.31. The van der Waals surface area contributed by atoms with Crippen LogP contribution in [-0.4, -0.2) is 34.8 Å². The van der Waals surface area contributed by atoms with Crippen molar-refractivity contribution in [3.8, 4) is 10.6 Å². The molecule has 33 heavy (non-hydrogen) atoms. The van der Waals surface area contributed by atoms with E-state index < -0.39 is 0 Å². The molecule has 0 saturated carbocycles. The second kappa shape index (κ2) is 10.2. The monoisotopic (exact) mass is 469 g/mol. The summed E-state index contributed by atoms with van der Waals surface area (Å²) in [6, 6.07) is 12.2. The number of hydrogen-bond acceptors (Lipinski definition) is 4. The van der Waals surface area contributed by atoms with Crippen LogP contribution in [0, 0.1) is 24.5 Å². The van der Waals surface area contributed by atoms with Gasteiger partial charge in [-0.3, -0.25) is 9.59 Å². The molecule has 172 valence electrons. The first-order chi connectivity index (χ1) is 15.9. The first-order valence-electron chi connectivity index (χ1n) is 10.9. The number of halogens is 2. The van der Waals surface area contributed by atoms with E-state index in [-0.39, 0.29) is 29.4 Å². The fourth-order valence-corrected chi connectivity index (χ4v) is 4.97. The standard InChI is InChI=1S/C25H25F2N3O2S/c1-16-23(33-24(29-16)19-4-8-21(27)9-5-19)25(32)30-12-10-17(11-13-30)14-22(31)28-15-18-2-6-20(26)7-3-18/h2-9,17H,10-15H2,1H3,(H,28,31). The van der Waals surface area contributed by atoms with Gasteiger partial charge in [0.2, 0.25) is 5.91 Å². The Bertz CT molecular complexity index is 1120. The highest BCUT2D eigenvalue weighted by atomic mass is 32.1. The minimum absolute atomic E-state index is 0.0358. The van der Waals surface area contributed by atoms with E-state index >= 15 is 0 Å². The van der Waals surface area contributed by atoms with Crippen molar-refractivity contribution in [1.29, 1.82) is 0 Å². The number of carbonyl (C=O) groups excluding carboxylic acids is 2. The Morgan fingerprint density at radius 3 is 2.27 bits per heavy atom. The molecule has 3 aromatic rings. The SMILES string of the molecule is Cc1nc(-c2ccc(F)cc2)sc1C(=O)N1CCC(CC(=O)NCc2ccc(F)cc2)CC1. The van der Waals surface area contributed by atoms with Gasteiger partial charge in [0.25, 0.3) is 5.91 Å². The quantitative estimate of drug-likeness (QED) is 0.555. The largest absolute Gasteiger partial charge is 0.352 e. The van der Waals surface area contributed by atoms with E-state index in [9.17, 15) is 18.4 Å². The van der Waals surface area contributed by atoms with E-state index in [4.69, 9.17) is 0 Å². The van der Waals surface area contributed by atoms with Crippen LogP contribution in [0.15, 0.2) is 48.5 Å². The molecule has 1 N–H and O–H groups in total. The molecule has 0 unspecified atom stereocenters. The maximum absolute atomic E-state index is 13.2. The molecule has 5 nitrogen and oxygen atoms in total. The molecule has 1 fully saturated rings. The minimum atomic E-state index is -0.310. The fraction of sp³-hybridized carbons (Fsp3) is 0.320. The Morgan fingerprint density at radius 1 is 1.03 bits per heavy atom. The van der Waals surface area contributed by atoms with Crippen LogP contribution < -0.4 is 5.32 Å². The molecule has 8 heteroatoms. The van der Waals surface area contributed by atoms with Crippen LogP contribution >= 0.6 is 11.3 Å². The number of benzene rings is 2. The number of thiazole rings is 1. The summed E-state index contributed by atoms with van der Waals surface area (Å²) in [4.78, 5) is 32.3. The third-order valence-electron chi connectivity index (χ3n) is 5.86. The summed E-state index contributed by atoms with van der Waals surface area (Å²) in [7, 11) is 0. The number of likely N-dealkylation sites (tertiary alicyclic amines) is 1. The summed E-state index contributed by atoms with van der Waals surface area (Å²) in [6.45, 7) is 3.38. The highest BCUT2D eigenvalue weighted by molar-refractivity contribution is 7.17. The number of piperidine rings is 1. The molecule has 0 atom stereocenters. The summed E-state index contributed by atoms with van der Waals surface area (Å²) in [5.74, 6) is -0.467. The Kier molecular flexibility index (Phi) is 7.13. The Hall–Kier alpha value is -3.13. The lowest BCUT2D eigenvalue weighted by Crippen LogP contribution is -2.39. The van der Waals surface area contributed by atoms with Gasteiger partial charge >= 0.3 is 0 Å². The van der Waals surface area contributed by atoms with Gasteiger partial charge in [-0.25, -0.2) is 13.8 Å². The molecule has 0 bridgehead atoms. The highest BCUT2D eigenvalue weighted by Gasteiger charge is 2.27. The molecule has 2 aromatic carbocycles. The number of aryl methyl sites for hydroxylation is 1. The molecule has 1 saturated heterocycles. The van der Waals surface area contributed by atoms with Gasteiger partial charge in [-0.15, -0.1) is 11.3 Å². The van der Waals surface area contributed by atoms with Crippen LogP contribution in [0.25, 0.3) is 10.6 Å². The minimum Gasteiger partial charge on any atom is -0.352 e. The van der Waals surface area contributed by atoms with Crippen LogP contribution in [0.3, 0.4) is 0 Å². The van der Waals surface area contributed by atoms with Gasteiger partial charge in [0.1, 0.15) is 21.5 Å². The second-order valence-electron chi connectivity index (χ2n) is 8.28. The fourth-order valence-electron chi connectivity index (χ4n) is 3.93. The van der Waals surface area contributed by atoms with Crippen molar-refractivity contribution in [2.45, 2.75) is 32.7 Å². The zero-order chi connectivity index (χ0) is 23.4. The molecule has 1 aromatic heterocycles. The van der Waals surface area contributed by atoms with Crippen molar-refractivity contribution >= 4 is 23.2 Å². The van der Waals surface area contributed by atoms with Gasteiger partial charge in [0, 0.05) is 31.6 Å². The first kappa shape index (κ1) is 23.0. The molecule has 0 radical (unpaired) electrons. The van der Waals surface area contributed by atoms with Crippen LogP contribution in [0.4, 0.5) is 8.78 Å². The summed E-state index contributed by atoms with van der Waals surface area (Å²) < 4.78 is 26.2. The molecular formula is C25H25F2N3O2S. The van der Waals surface area contributed by atoms with Crippen LogP contribution in [0.2, 0.25) is 0 Å². The van der Waals surface area contributed by atoms with E-state index in [1.165, 1.54) is 35.6 Å². The van der Waals surface area contributed by atoms with E-state index in [0.717, 1.165) is 24.0 Å². The van der Waals surface area contributed by atoms with Gasteiger partial charge in [-0.05, 0) is 67.6 Å². The lowest BCUT2D eigenvalue weighted by atomic mass is 9.93. The van der Waals surface area contributed by atoms with Crippen molar-refractivity contribution < 1.29 is 18.4 Å². The molecule has 2 amide bonds. The van der Waals surface area contributed by atoms with E-state index in [1.54, 1.807) is 24.3 Å². The third kappa shape index (κ3) is 5.82. The van der Waals surface area contributed by atoms with E-state index in [0.29, 0.717) is 41.6 Å². The number of rotatable bonds is 6. The average Bonchev–Trinajstić information content (AvgIpc) is 3.20. The van der Waals surface area contributed by atoms with Crippen molar-refractivity contribution in [1.82, 2.24) is 15.2 Å². The molecular weight excluding hydrogens is 444 g/mol. The predicted molar refractivity (Wildman–Crippen MR) is 124 cm³/mol. The van der Waals surface area contributed by atoms with Crippen LogP contribution in [0.5, 0.6) is 0 Å². The number of amides is 2. The third-order valence-corrected chi connectivity index (χ3v) is 7.06. The lowest BCUT2D eigenvalue weighted by molar-refractivity contribution is -0.122. The number of nitrogens with zero attached hydrogens (tertiary/aromatic N) is 2. The summed E-state index contributed by atoms with van der Waals surface area (Å²) >= 11 is 1.32. The average molecular weight is 470 g/mol. The smallest absolute Gasteiger partial charge is 0.265 e.